The van der Waals surface area contributed by atoms with Crippen molar-refractivity contribution in [3.63, 3.8) is 0 Å². The van der Waals surface area contributed by atoms with Gasteiger partial charge in [0.1, 0.15) is 0 Å². The minimum Gasteiger partial charge on any atom is -0.336 e. The molecule has 0 saturated carbocycles. The van der Waals surface area contributed by atoms with Gasteiger partial charge in [0.25, 0.3) is 5.91 Å². The smallest absolute Gasteiger partial charge is 0.254 e. The van der Waals surface area contributed by atoms with Gasteiger partial charge in [-0.25, -0.2) is 0 Å². The zero-order valence-electron chi connectivity index (χ0n) is 11.8. The second kappa shape index (κ2) is 6.06. The Morgan fingerprint density at radius 2 is 2.16 bits per heavy atom. The molecule has 0 spiro atoms. The molecule has 0 bridgehead atoms. The van der Waals surface area contributed by atoms with Gasteiger partial charge in [-0.05, 0) is 38.1 Å². The number of nitrogens with zero attached hydrogens (tertiary/aromatic N) is 2. The summed E-state index contributed by atoms with van der Waals surface area (Å²) in [6.45, 7) is 10.0. The lowest BCUT2D eigenvalue weighted by atomic mass is 10.1. The second-order valence-electron chi connectivity index (χ2n) is 5.19. The minimum atomic E-state index is 0.154. The molecule has 1 aliphatic rings. The zero-order valence-corrected chi connectivity index (χ0v) is 13.4. The molecule has 1 aromatic carbocycles. The highest BCUT2D eigenvalue weighted by molar-refractivity contribution is 9.10. The van der Waals surface area contributed by atoms with Crippen LogP contribution in [0.2, 0.25) is 0 Å². The summed E-state index contributed by atoms with van der Waals surface area (Å²) in [6, 6.07) is 6.33. The first-order chi connectivity index (χ1) is 9.02. The van der Waals surface area contributed by atoms with E-state index in [2.05, 4.69) is 34.7 Å². The van der Waals surface area contributed by atoms with Gasteiger partial charge in [-0.2, -0.15) is 0 Å². The molecule has 104 valence electrons. The third-order valence-corrected chi connectivity index (χ3v) is 4.38. The third-order valence-electron chi connectivity index (χ3n) is 3.89. The Bertz CT molecular complexity index is 475. The molecule has 1 fully saturated rings. The number of piperazine rings is 1. The predicted molar refractivity (Wildman–Crippen MR) is 81.5 cm³/mol. The molecule has 0 radical (unpaired) electrons. The average molecular weight is 325 g/mol. The van der Waals surface area contributed by atoms with Crippen molar-refractivity contribution in [2.24, 2.45) is 0 Å². The van der Waals surface area contributed by atoms with E-state index in [1.807, 2.05) is 30.0 Å². The number of benzene rings is 1. The third kappa shape index (κ3) is 3.18. The summed E-state index contributed by atoms with van der Waals surface area (Å²) in [5, 5.41) is 0. The Balaban J connectivity index is 2.14. The van der Waals surface area contributed by atoms with Crippen LogP contribution in [-0.2, 0) is 0 Å². The molecule has 19 heavy (non-hydrogen) atoms. The standard InChI is InChI=1S/C15H21BrN2O/c1-4-17-7-8-18(10-12(17)3)15(19)14-9-13(16)6-5-11(14)2/h5-6,9,12H,4,7-8,10H2,1-3H3. The van der Waals surface area contributed by atoms with Crippen LogP contribution in [0.4, 0.5) is 0 Å². The summed E-state index contributed by atoms with van der Waals surface area (Å²) < 4.78 is 0.960. The van der Waals surface area contributed by atoms with Crippen molar-refractivity contribution in [2.45, 2.75) is 26.8 Å². The number of rotatable bonds is 2. The molecule has 1 aliphatic heterocycles. The number of halogens is 1. The number of carbonyl (C=O) groups excluding carboxylic acids is 1. The molecule has 2 rings (SSSR count). The Kier molecular flexibility index (Phi) is 4.63. The molecule has 4 heteroatoms. The molecule has 1 heterocycles. The average Bonchev–Trinajstić information content (AvgIpc) is 2.40. The molecule has 3 nitrogen and oxygen atoms in total. The summed E-state index contributed by atoms with van der Waals surface area (Å²) in [5.41, 5.74) is 1.85. The monoisotopic (exact) mass is 324 g/mol. The van der Waals surface area contributed by atoms with Gasteiger partial charge in [0.15, 0.2) is 0 Å². The first kappa shape index (κ1) is 14.5. The summed E-state index contributed by atoms with van der Waals surface area (Å²) in [6.07, 6.45) is 0. The molecule has 1 saturated heterocycles. The van der Waals surface area contributed by atoms with Crippen LogP contribution < -0.4 is 0 Å². The van der Waals surface area contributed by atoms with Crippen LogP contribution in [0.5, 0.6) is 0 Å². The van der Waals surface area contributed by atoms with Crippen LogP contribution in [-0.4, -0.2) is 47.9 Å². The van der Waals surface area contributed by atoms with E-state index >= 15 is 0 Å². The highest BCUT2D eigenvalue weighted by atomic mass is 79.9. The minimum absolute atomic E-state index is 0.154. The maximum Gasteiger partial charge on any atom is 0.254 e. The number of amides is 1. The second-order valence-corrected chi connectivity index (χ2v) is 6.10. The van der Waals surface area contributed by atoms with E-state index in [0.29, 0.717) is 6.04 Å². The van der Waals surface area contributed by atoms with Crippen LogP contribution in [0.25, 0.3) is 0 Å². The molecule has 0 N–H and O–H groups in total. The maximum atomic E-state index is 12.6. The van der Waals surface area contributed by atoms with E-state index in [4.69, 9.17) is 0 Å². The van der Waals surface area contributed by atoms with Crippen LogP contribution in [0.15, 0.2) is 22.7 Å². The lowest BCUT2D eigenvalue weighted by Gasteiger charge is -2.39. The molecule has 1 aromatic rings. The highest BCUT2D eigenvalue weighted by Gasteiger charge is 2.26. The first-order valence-corrected chi connectivity index (χ1v) is 7.61. The quantitative estimate of drug-likeness (QED) is 0.835. The van der Waals surface area contributed by atoms with Gasteiger partial charge in [-0.1, -0.05) is 28.9 Å². The van der Waals surface area contributed by atoms with Gasteiger partial charge in [-0.15, -0.1) is 0 Å². The van der Waals surface area contributed by atoms with Gasteiger partial charge in [0.05, 0.1) is 0 Å². The van der Waals surface area contributed by atoms with Crippen molar-refractivity contribution >= 4 is 21.8 Å². The molecule has 1 unspecified atom stereocenters. The van der Waals surface area contributed by atoms with E-state index in [0.717, 1.165) is 41.8 Å². The van der Waals surface area contributed by atoms with E-state index < -0.39 is 0 Å². The maximum absolute atomic E-state index is 12.6. The predicted octanol–water partition coefficient (Wildman–Crippen LogP) is 2.92. The van der Waals surface area contributed by atoms with Crippen LogP contribution >= 0.6 is 15.9 Å². The van der Waals surface area contributed by atoms with Gasteiger partial charge in [-0.3, -0.25) is 9.69 Å². The molecule has 0 aromatic heterocycles. The summed E-state index contributed by atoms with van der Waals surface area (Å²) in [5.74, 6) is 0.154. The van der Waals surface area contributed by atoms with Crippen LogP contribution in [0.3, 0.4) is 0 Å². The first-order valence-electron chi connectivity index (χ1n) is 6.82. The van der Waals surface area contributed by atoms with Gasteiger partial charge < -0.3 is 4.90 Å². The van der Waals surface area contributed by atoms with Gasteiger partial charge in [0.2, 0.25) is 0 Å². The normalized spacial score (nSPS) is 20.6. The van der Waals surface area contributed by atoms with E-state index in [1.165, 1.54) is 0 Å². The lowest BCUT2D eigenvalue weighted by Crippen LogP contribution is -2.53. The topological polar surface area (TPSA) is 23.6 Å². The summed E-state index contributed by atoms with van der Waals surface area (Å²) in [7, 11) is 0. The van der Waals surface area contributed by atoms with E-state index in [1.54, 1.807) is 0 Å². The number of aryl methyl sites for hydroxylation is 1. The molecular formula is C15H21BrN2O. The van der Waals surface area contributed by atoms with Crippen molar-refractivity contribution in [2.75, 3.05) is 26.2 Å². The Morgan fingerprint density at radius 3 is 2.79 bits per heavy atom. The summed E-state index contributed by atoms with van der Waals surface area (Å²) in [4.78, 5) is 17.0. The number of carbonyl (C=O) groups is 1. The fourth-order valence-electron chi connectivity index (χ4n) is 2.64. The van der Waals surface area contributed by atoms with Gasteiger partial charge >= 0.3 is 0 Å². The van der Waals surface area contributed by atoms with E-state index in [9.17, 15) is 4.79 Å². The van der Waals surface area contributed by atoms with Crippen molar-refractivity contribution in [1.82, 2.24) is 9.80 Å². The molecule has 1 atom stereocenters. The fraction of sp³-hybridized carbons (Fsp3) is 0.533. The lowest BCUT2D eigenvalue weighted by molar-refractivity contribution is 0.0527. The highest BCUT2D eigenvalue weighted by Crippen LogP contribution is 2.19. The van der Waals surface area contributed by atoms with Crippen molar-refractivity contribution in [3.8, 4) is 0 Å². The molecule has 1 amide bonds. The zero-order chi connectivity index (χ0) is 14.0. The van der Waals surface area contributed by atoms with Crippen LogP contribution in [0.1, 0.15) is 29.8 Å². The Morgan fingerprint density at radius 1 is 1.42 bits per heavy atom. The van der Waals surface area contributed by atoms with Crippen molar-refractivity contribution in [3.05, 3.63) is 33.8 Å². The number of hydrogen-bond donors (Lipinski definition) is 0. The number of hydrogen-bond acceptors (Lipinski definition) is 2. The fourth-order valence-corrected chi connectivity index (χ4v) is 3.01. The SMILES string of the molecule is CCN1CCN(C(=O)c2cc(Br)ccc2C)CC1C. The largest absolute Gasteiger partial charge is 0.336 e. The van der Waals surface area contributed by atoms with E-state index in [-0.39, 0.29) is 5.91 Å². The summed E-state index contributed by atoms with van der Waals surface area (Å²) >= 11 is 3.44. The van der Waals surface area contributed by atoms with Crippen molar-refractivity contribution < 1.29 is 4.79 Å². The Labute approximate surface area is 123 Å². The molecule has 0 aliphatic carbocycles. The van der Waals surface area contributed by atoms with Crippen LogP contribution in [0, 0.1) is 6.92 Å². The van der Waals surface area contributed by atoms with Gasteiger partial charge in [0, 0.05) is 35.7 Å². The number of likely N-dealkylation sites (N-methyl/N-ethyl adjacent to an activating group) is 1. The molecular weight excluding hydrogens is 304 g/mol. The van der Waals surface area contributed by atoms with Crippen molar-refractivity contribution in [1.29, 1.82) is 0 Å². The Hall–Kier alpha value is -0.870.